The van der Waals surface area contributed by atoms with Gasteiger partial charge in [-0.3, -0.25) is 4.18 Å². The molecule has 0 aromatic carbocycles. The molecule has 0 aromatic rings. The van der Waals surface area contributed by atoms with E-state index in [1.165, 1.54) is 0 Å². The van der Waals surface area contributed by atoms with E-state index in [0.29, 0.717) is 25.8 Å². The number of halogens is 2. The van der Waals surface area contributed by atoms with E-state index in [-0.39, 0.29) is 38.3 Å². The molecule has 0 unspecified atom stereocenters. The van der Waals surface area contributed by atoms with Crippen molar-refractivity contribution in [2.75, 3.05) is 19.4 Å². The lowest BCUT2D eigenvalue weighted by atomic mass is 9.91. The molecule has 0 heterocycles. The van der Waals surface area contributed by atoms with Crippen LogP contribution in [0.2, 0.25) is 0 Å². The zero-order valence-electron chi connectivity index (χ0n) is 16.1. The molecule has 0 bridgehead atoms. The molecule has 1 amide bonds. The molecule has 1 rings (SSSR count). The van der Waals surface area contributed by atoms with Gasteiger partial charge in [-0.25, -0.2) is 13.6 Å². The number of hydrogen-bond acceptors (Lipinski definition) is 5. The number of nitrogens with zero attached hydrogens (tertiary/aromatic N) is 1. The first-order valence-electron chi connectivity index (χ1n) is 9.01. The molecule has 26 heavy (non-hydrogen) atoms. The van der Waals surface area contributed by atoms with E-state index >= 15 is 0 Å². The van der Waals surface area contributed by atoms with Crippen molar-refractivity contribution in [3.05, 3.63) is 0 Å². The second-order valence-electron chi connectivity index (χ2n) is 7.85. The van der Waals surface area contributed by atoms with E-state index in [1.54, 1.807) is 25.7 Å². The molecule has 0 aromatic heterocycles. The van der Waals surface area contributed by atoms with Crippen molar-refractivity contribution in [2.45, 2.75) is 83.3 Å². The Morgan fingerprint density at radius 1 is 1.15 bits per heavy atom. The number of hydrogen-bond donors (Lipinski definition) is 0. The van der Waals surface area contributed by atoms with Crippen molar-refractivity contribution in [1.82, 2.24) is 4.90 Å². The maximum atomic E-state index is 13.4. The van der Waals surface area contributed by atoms with Gasteiger partial charge in [-0.2, -0.15) is 8.42 Å². The highest BCUT2D eigenvalue weighted by Crippen LogP contribution is 2.35. The van der Waals surface area contributed by atoms with Gasteiger partial charge in [-0.05, 0) is 52.9 Å². The number of ether oxygens (including phenoxy) is 1. The Balaban J connectivity index is 2.54. The van der Waals surface area contributed by atoms with Crippen molar-refractivity contribution in [1.29, 1.82) is 0 Å². The minimum Gasteiger partial charge on any atom is -0.444 e. The molecule has 6 nitrogen and oxygen atoms in total. The van der Waals surface area contributed by atoms with Crippen LogP contribution in [0.3, 0.4) is 0 Å². The Morgan fingerprint density at radius 2 is 1.73 bits per heavy atom. The van der Waals surface area contributed by atoms with Crippen LogP contribution in [0, 0.1) is 0 Å². The van der Waals surface area contributed by atoms with Crippen molar-refractivity contribution in [2.24, 2.45) is 0 Å². The topological polar surface area (TPSA) is 72.9 Å². The summed E-state index contributed by atoms with van der Waals surface area (Å²) in [5, 5.41) is 0. The monoisotopic (exact) mass is 399 g/mol. The number of alkyl halides is 2. The normalized spacial score (nSPS) is 18.5. The van der Waals surface area contributed by atoms with E-state index in [9.17, 15) is 22.0 Å². The summed E-state index contributed by atoms with van der Waals surface area (Å²) in [7, 11) is -3.45. The molecule has 154 valence electrons. The summed E-state index contributed by atoms with van der Waals surface area (Å²) < 4.78 is 58.7. The van der Waals surface area contributed by atoms with Crippen LogP contribution in [0.1, 0.15) is 65.7 Å². The molecular weight excluding hydrogens is 368 g/mol. The van der Waals surface area contributed by atoms with Gasteiger partial charge in [0.05, 0.1) is 12.9 Å². The molecule has 0 spiro atoms. The summed E-state index contributed by atoms with van der Waals surface area (Å²) in [6.07, 6.45) is 2.40. The second kappa shape index (κ2) is 9.30. The fourth-order valence-electron chi connectivity index (χ4n) is 2.85. The van der Waals surface area contributed by atoms with Gasteiger partial charge < -0.3 is 9.64 Å². The number of carbonyl (C=O) groups is 1. The van der Waals surface area contributed by atoms with Gasteiger partial charge in [0.15, 0.2) is 0 Å². The van der Waals surface area contributed by atoms with Crippen LogP contribution >= 0.6 is 0 Å². The molecule has 1 fully saturated rings. The average molecular weight is 400 g/mol. The van der Waals surface area contributed by atoms with Crippen LogP contribution in [0.25, 0.3) is 0 Å². The summed E-state index contributed by atoms with van der Waals surface area (Å²) >= 11 is 0. The quantitative estimate of drug-likeness (QED) is 0.456. The van der Waals surface area contributed by atoms with Gasteiger partial charge in [0.1, 0.15) is 5.60 Å². The Hall–Kier alpha value is -0.960. The molecule has 0 saturated heterocycles. The first-order chi connectivity index (χ1) is 11.8. The Labute approximate surface area is 155 Å². The fraction of sp³-hybridized carbons (Fsp3) is 0.941. The molecule has 0 aliphatic heterocycles. The van der Waals surface area contributed by atoms with Crippen molar-refractivity contribution in [3.63, 3.8) is 0 Å². The van der Waals surface area contributed by atoms with Crippen LogP contribution in [-0.2, 0) is 19.0 Å². The summed E-state index contributed by atoms with van der Waals surface area (Å²) in [6.45, 7) is 5.78. The maximum Gasteiger partial charge on any atom is 0.410 e. The molecular formula is C17H31F2NO5S. The standard InChI is InChI=1S/C17H31F2NO5S/c1-16(2,3)25-15(21)20(14-8-10-17(18,19)11-9-14)12-6-5-7-13-24-26(4,22)23/h14H,5-13H2,1-4H3. The average Bonchev–Trinajstić information content (AvgIpc) is 2.44. The van der Waals surface area contributed by atoms with Crippen molar-refractivity contribution < 1.29 is 30.9 Å². The Kier molecular flexibility index (Phi) is 8.26. The zero-order chi connectivity index (χ0) is 20.0. The van der Waals surface area contributed by atoms with Crippen LogP contribution in [0.15, 0.2) is 0 Å². The predicted molar refractivity (Wildman–Crippen MR) is 94.8 cm³/mol. The Bertz CT molecular complexity index is 550. The molecule has 1 aliphatic rings. The minimum absolute atomic E-state index is 0.0981. The number of rotatable bonds is 8. The summed E-state index contributed by atoms with van der Waals surface area (Å²) in [4.78, 5) is 14.0. The van der Waals surface area contributed by atoms with Gasteiger partial charge >= 0.3 is 6.09 Å². The second-order valence-corrected chi connectivity index (χ2v) is 9.49. The Morgan fingerprint density at radius 3 is 2.23 bits per heavy atom. The zero-order valence-corrected chi connectivity index (χ0v) is 16.9. The summed E-state index contributed by atoms with van der Waals surface area (Å²) in [5.41, 5.74) is -0.655. The van der Waals surface area contributed by atoms with Gasteiger partial charge in [0.25, 0.3) is 10.1 Å². The van der Waals surface area contributed by atoms with Crippen LogP contribution in [0.4, 0.5) is 13.6 Å². The first kappa shape index (κ1) is 23.1. The van der Waals surface area contributed by atoms with Crippen LogP contribution in [0.5, 0.6) is 0 Å². The molecule has 9 heteroatoms. The number of amides is 1. The number of carbonyl (C=O) groups excluding carboxylic acids is 1. The lowest BCUT2D eigenvalue weighted by Gasteiger charge is -2.37. The van der Waals surface area contributed by atoms with E-state index in [0.717, 1.165) is 6.26 Å². The first-order valence-corrected chi connectivity index (χ1v) is 10.8. The fourth-order valence-corrected chi connectivity index (χ4v) is 3.27. The van der Waals surface area contributed by atoms with Gasteiger partial charge in [-0.1, -0.05) is 0 Å². The highest BCUT2D eigenvalue weighted by atomic mass is 32.2. The minimum atomic E-state index is -3.45. The summed E-state index contributed by atoms with van der Waals surface area (Å²) in [6, 6.07) is -0.253. The molecule has 0 radical (unpaired) electrons. The summed E-state index contributed by atoms with van der Waals surface area (Å²) in [5.74, 6) is -2.65. The third-order valence-electron chi connectivity index (χ3n) is 4.10. The maximum absolute atomic E-state index is 13.4. The molecule has 1 saturated carbocycles. The van der Waals surface area contributed by atoms with E-state index in [2.05, 4.69) is 4.18 Å². The highest BCUT2D eigenvalue weighted by Gasteiger charge is 2.39. The van der Waals surface area contributed by atoms with E-state index in [1.807, 2.05) is 0 Å². The highest BCUT2D eigenvalue weighted by molar-refractivity contribution is 7.85. The molecule has 0 atom stereocenters. The van der Waals surface area contributed by atoms with Crippen LogP contribution in [-0.4, -0.2) is 56.4 Å². The predicted octanol–water partition coefficient (Wildman–Crippen LogP) is 3.95. The third kappa shape index (κ3) is 9.66. The largest absolute Gasteiger partial charge is 0.444 e. The van der Waals surface area contributed by atoms with Crippen molar-refractivity contribution in [3.8, 4) is 0 Å². The van der Waals surface area contributed by atoms with Crippen molar-refractivity contribution >= 4 is 16.2 Å². The van der Waals surface area contributed by atoms with Crippen LogP contribution < -0.4 is 0 Å². The van der Waals surface area contributed by atoms with Gasteiger partial charge in [-0.15, -0.1) is 0 Å². The van der Waals surface area contributed by atoms with Gasteiger partial charge in [0, 0.05) is 25.4 Å². The molecule has 0 N–H and O–H groups in total. The molecule has 1 aliphatic carbocycles. The smallest absolute Gasteiger partial charge is 0.410 e. The lowest BCUT2D eigenvalue weighted by Crippen LogP contribution is -2.46. The van der Waals surface area contributed by atoms with Gasteiger partial charge in [0.2, 0.25) is 5.92 Å². The SMILES string of the molecule is CC(C)(C)OC(=O)N(CCCCCOS(C)(=O)=O)C1CCC(F)(F)CC1. The third-order valence-corrected chi connectivity index (χ3v) is 4.69. The number of unbranched alkanes of at least 4 members (excludes halogenated alkanes) is 2. The van der Waals surface area contributed by atoms with E-state index < -0.39 is 27.7 Å². The van der Waals surface area contributed by atoms with E-state index in [4.69, 9.17) is 4.74 Å². The lowest BCUT2D eigenvalue weighted by molar-refractivity contribution is -0.0571.